The minimum Gasteiger partial charge on any atom is -0.354 e. The number of hydrogen-bond donors (Lipinski definition) is 1. The molecule has 0 unspecified atom stereocenters. The molecule has 126 valence electrons. The Hall–Kier alpha value is -2.84. The number of nitro groups is 1. The molecule has 0 saturated heterocycles. The lowest BCUT2D eigenvalue weighted by molar-refractivity contribution is -0.384. The Morgan fingerprint density at radius 3 is 2.76 bits per heavy atom. The molecule has 1 N–H and O–H groups in total. The van der Waals surface area contributed by atoms with Gasteiger partial charge in [-0.3, -0.25) is 14.9 Å². The van der Waals surface area contributed by atoms with E-state index in [1.807, 2.05) is 24.3 Å². The van der Waals surface area contributed by atoms with Crippen LogP contribution in [0.25, 0.3) is 22.6 Å². The topological polar surface area (TPSA) is 85.1 Å². The summed E-state index contributed by atoms with van der Waals surface area (Å²) >= 11 is 2.76. The van der Waals surface area contributed by atoms with E-state index in [-0.39, 0.29) is 16.5 Å². The van der Waals surface area contributed by atoms with E-state index >= 15 is 0 Å². The van der Waals surface area contributed by atoms with Crippen molar-refractivity contribution in [3.8, 4) is 10.4 Å². The van der Waals surface area contributed by atoms with Gasteiger partial charge in [0, 0.05) is 22.9 Å². The van der Waals surface area contributed by atoms with Crippen LogP contribution in [-0.4, -0.2) is 22.9 Å². The number of rotatable bonds is 5. The SMILES string of the molecule is CNC(=O)c1cnc(/C=C/c2ccc(-c3ccccc3[N+](=O)[O-])s2)s1. The average molecular weight is 371 g/mol. The predicted molar refractivity (Wildman–Crippen MR) is 101 cm³/mol. The van der Waals surface area contributed by atoms with Crippen LogP contribution in [0.4, 0.5) is 5.69 Å². The van der Waals surface area contributed by atoms with Gasteiger partial charge in [0.25, 0.3) is 11.6 Å². The lowest BCUT2D eigenvalue weighted by atomic mass is 10.1. The van der Waals surface area contributed by atoms with Crippen molar-refractivity contribution in [1.29, 1.82) is 0 Å². The van der Waals surface area contributed by atoms with Gasteiger partial charge in [-0.15, -0.1) is 22.7 Å². The number of amides is 1. The number of thiophene rings is 1. The summed E-state index contributed by atoms with van der Waals surface area (Å²) in [6, 6.07) is 10.5. The van der Waals surface area contributed by atoms with Crippen molar-refractivity contribution < 1.29 is 9.72 Å². The van der Waals surface area contributed by atoms with Crippen molar-refractivity contribution in [2.45, 2.75) is 0 Å². The highest BCUT2D eigenvalue weighted by Crippen LogP contribution is 2.35. The number of carbonyl (C=O) groups is 1. The second-order valence-corrected chi connectivity index (χ2v) is 7.13. The van der Waals surface area contributed by atoms with Crippen LogP contribution in [0.1, 0.15) is 19.6 Å². The number of carbonyl (C=O) groups excluding carboxylic acids is 1. The maximum atomic E-state index is 11.5. The summed E-state index contributed by atoms with van der Waals surface area (Å²) in [5, 5.41) is 14.4. The molecule has 0 aliphatic rings. The lowest BCUT2D eigenvalue weighted by Gasteiger charge is -1.98. The van der Waals surface area contributed by atoms with Crippen molar-refractivity contribution in [2.24, 2.45) is 0 Å². The molecule has 25 heavy (non-hydrogen) atoms. The fourth-order valence-electron chi connectivity index (χ4n) is 2.17. The van der Waals surface area contributed by atoms with E-state index in [2.05, 4.69) is 10.3 Å². The molecule has 2 aromatic heterocycles. The fourth-order valence-corrected chi connectivity index (χ4v) is 3.89. The summed E-state index contributed by atoms with van der Waals surface area (Å²) in [7, 11) is 1.58. The molecule has 0 bridgehead atoms. The second-order valence-electron chi connectivity index (χ2n) is 4.95. The van der Waals surface area contributed by atoms with Gasteiger partial charge < -0.3 is 5.32 Å². The summed E-state index contributed by atoms with van der Waals surface area (Å²) in [4.78, 5) is 28.8. The minimum absolute atomic E-state index is 0.0926. The molecule has 8 heteroatoms. The number of aromatic nitrogens is 1. The van der Waals surface area contributed by atoms with Gasteiger partial charge in [0.05, 0.1) is 16.7 Å². The molecule has 0 aliphatic carbocycles. The van der Waals surface area contributed by atoms with Crippen LogP contribution in [0.5, 0.6) is 0 Å². The first-order valence-corrected chi connectivity index (χ1v) is 8.91. The summed E-state index contributed by atoms with van der Waals surface area (Å²) < 4.78 is 0. The van der Waals surface area contributed by atoms with E-state index in [4.69, 9.17) is 0 Å². The smallest absolute Gasteiger partial charge is 0.278 e. The van der Waals surface area contributed by atoms with E-state index < -0.39 is 0 Å². The quantitative estimate of drug-likeness (QED) is 0.535. The summed E-state index contributed by atoms with van der Waals surface area (Å²) in [5.74, 6) is -0.160. The Morgan fingerprint density at radius 2 is 2.00 bits per heavy atom. The van der Waals surface area contributed by atoms with Crippen molar-refractivity contribution in [2.75, 3.05) is 7.05 Å². The number of nitro benzene ring substituents is 1. The molecule has 1 amide bonds. The van der Waals surface area contributed by atoms with Gasteiger partial charge >= 0.3 is 0 Å². The molecular formula is C17H13N3O3S2. The zero-order chi connectivity index (χ0) is 17.8. The van der Waals surface area contributed by atoms with E-state index in [0.717, 1.165) is 14.8 Å². The first-order chi connectivity index (χ1) is 12.1. The number of para-hydroxylation sites is 1. The first-order valence-electron chi connectivity index (χ1n) is 7.28. The monoisotopic (exact) mass is 371 g/mol. The Balaban J connectivity index is 1.82. The van der Waals surface area contributed by atoms with Gasteiger partial charge in [-0.1, -0.05) is 12.1 Å². The van der Waals surface area contributed by atoms with Crippen LogP contribution in [0, 0.1) is 10.1 Å². The van der Waals surface area contributed by atoms with E-state index in [1.54, 1.807) is 25.2 Å². The molecule has 0 fully saturated rings. The van der Waals surface area contributed by atoms with Crippen molar-refractivity contribution in [3.63, 3.8) is 0 Å². The first kappa shape index (κ1) is 17.0. The van der Waals surface area contributed by atoms with Crippen LogP contribution >= 0.6 is 22.7 Å². The molecule has 2 heterocycles. The molecular weight excluding hydrogens is 358 g/mol. The van der Waals surface area contributed by atoms with Crippen LogP contribution in [0.15, 0.2) is 42.6 Å². The number of benzene rings is 1. The Bertz CT molecular complexity index is 959. The third-order valence-electron chi connectivity index (χ3n) is 3.36. The molecule has 1 aromatic carbocycles. The lowest BCUT2D eigenvalue weighted by Crippen LogP contribution is -2.16. The Morgan fingerprint density at radius 1 is 1.20 bits per heavy atom. The molecule has 3 rings (SSSR count). The highest BCUT2D eigenvalue weighted by atomic mass is 32.1. The second kappa shape index (κ2) is 7.37. The third-order valence-corrected chi connectivity index (χ3v) is 5.40. The summed E-state index contributed by atoms with van der Waals surface area (Å²) in [6.07, 6.45) is 5.25. The van der Waals surface area contributed by atoms with Gasteiger partial charge in [-0.25, -0.2) is 4.98 Å². The minimum atomic E-state index is -0.375. The molecule has 0 aliphatic heterocycles. The highest BCUT2D eigenvalue weighted by molar-refractivity contribution is 7.16. The molecule has 3 aromatic rings. The number of nitrogens with one attached hydrogen (secondary N) is 1. The highest BCUT2D eigenvalue weighted by Gasteiger charge is 2.15. The molecule has 0 spiro atoms. The van der Waals surface area contributed by atoms with E-state index in [0.29, 0.717) is 10.4 Å². The zero-order valence-electron chi connectivity index (χ0n) is 13.1. The fraction of sp³-hybridized carbons (Fsp3) is 0.0588. The van der Waals surface area contributed by atoms with E-state index in [1.165, 1.54) is 34.9 Å². The molecule has 0 atom stereocenters. The Kier molecular flexibility index (Phi) is 5.01. The number of nitrogens with zero attached hydrogens (tertiary/aromatic N) is 2. The number of thiazole rings is 1. The number of hydrogen-bond acceptors (Lipinski definition) is 6. The molecule has 0 radical (unpaired) electrons. The molecule has 6 nitrogen and oxygen atoms in total. The largest absolute Gasteiger partial charge is 0.354 e. The van der Waals surface area contributed by atoms with Crippen molar-refractivity contribution >= 4 is 46.4 Å². The zero-order valence-corrected chi connectivity index (χ0v) is 14.8. The Labute approximate surface area is 151 Å². The molecule has 0 saturated carbocycles. The van der Waals surface area contributed by atoms with Gasteiger partial charge in [-0.2, -0.15) is 0 Å². The van der Waals surface area contributed by atoms with Crippen LogP contribution in [-0.2, 0) is 0 Å². The van der Waals surface area contributed by atoms with Crippen LogP contribution < -0.4 is 5.32 Å². The third kappa shape index (κ3) is 3.81. The van der Waals surface area contributed by atoms with Gasteiger partial charge in [-0.05, 0) is 30.4 Å². The standard InChI is InChI=1S/C17H13N3O3S2/c1-18-17(21)15-10-19-16(25-15)9-7-11-6-8-14(24-11)12-4-2-3-5-13(12)20(22)23/h2-10H,1H3,(H,18,21)/b9-7+. The van der Waals surface area contributed by atoms with Crippen LogP contribution in [0.3, 0.4) is 0 Å². The van der Waals surface area contributed by atoms with Crippen molar-refractivity contribution in [1.82, 2.24) is 10.3 Å². The van der Waals surface area contributed by atoms with Gasteiger partial charge in [0.15, 0.2) is 0 Å². The maximum absolute atomic E-state index is 11.5. The van der Waals surface area contributed by atoms with E-state index in [9.17, 15) is 14.9 Å². The maximum Gasteiger partial charge on any atom is 0.278 e. The average Bonchev–Trinajstić information content (AvgIpc) is 3.28. The van der Waals surface area contributed by atoms with Gasteiger partial charge in [0.2, 0.25) is 0 Å². The van der Waals surface area contributed by atoms with Crippen molar-refractivity contribution in [3.05, 3.63) is 67.5 Å². The summed E-state index contributed by atoms with van der Waals surface area (Å²) in [5.41, 5.74) is 0.698. The normalized spacial score (nSPS) is 10.9. The van der Waals surface area contributed by atoms with Crippen LogP contribution in [0.2, 0.25) is 0 Å². The summed E-state index contributed by atoms with van der Waals surface area (Å²) in [6.45, 7) is 0. The van der Waals surface area contributed by atoms with Gasteiger partial charge in [0.1, 0.15) is 9.88 Å². The predicted octanol–water partition coefficient (Wildman–Crippen LogP) is 4.31.